The van der Waals surface area contributed by atoms with Crippen molar-refractivity contribution in [2.75, 3.05) is 0 Å². The quantitative estimate of drug-likeness (QED) is 0.811. The molecule has 6 heteroatoms. The number of rotatable bonds is 7. The number of benzene rings is 1. The zero-order chi connectivity index (χ0) is 16.0. The molecule has 0 aliphatic carbocycles. The van der Waals surface area contributed by atoms with Crippen molar-refractivity contribution in [3.63, 3.8) is 0 Å². The molecule has 2 N–H and O–H groups in total. The fourth-order valence-corrected chi connectivity index (χ4v) is 3.00. The second-order valence-electron chi connectivity index (χ2n) is 5.24. The number of hydrogen-bond acceptors (Lipinski definition) is 3. The van der Waals surface area contributed by atoms with Crippen molar-refractivity contribution < 1.29 is 13.2 Å². The summed E-state index contributed by atoms with van der Waals surface area (Å²) in [5.74, 6) is -0.259. The van der Waals surface area contributed by atoms with Crippen LogP contribution in [0.1, 0.15) is 50.9 Å². The second kappa shape index (κ2) is 7.56. The summed E-state index contributed by atoms with van der Waals surface area (Å²) < 4.78 is 27.0. The number of amides is 1. The molecule has 0 spiro atoms. The first-order valence-electron chi connectivity index (χ1n) is 7.23. The molecule has 1 aromatic rings. The van der Waals surface area contributed by atoms with Crippen LogP contribution in [0.3, 0.4) is 0 Å². The molecule has 118 valence electrons. The Bertz CT molecular complexity index is 584. The lowest BCUT2D eigenvalue weighted by Gasteiger charge is -2.14. The fraction of sp³-hybridized carbons (Fsp3) is 0.533. The molecule has 2 unspecified atom stereocenters. The van der Waals surface area contributed by atoms with E-state index in [2.05, 4.69) is 10.0 Å². The summed E-state index contributed by atoms with van der Waals surface area (Å²) in [5, 5.41) is 2.82. The standard InChI is InChI=1S/C15H24N2O3S/c1-5-11(3)16-15(18)13-8-7-9-14(10-13)21(19,20)17-12(4)6-2/h7-12,17H,5-6H2,1-4H3,(H,16,18). The molecule has 0 heterocycles. The number of sulfonamides is 1. The molecule has 0 aliphatic rings. The average molecular weight is 312 g/mol. The van der Waals surface area contributed by atoms with Crippen molar-refractivity contribution in [2.45, 2.75) is 57.5 Å². The van der Waals surface area contributed by atoms with Crippen molar-refractivity contribution >= 4 is 15.9 Å². The van der Waals surface area contributed by atoms with Gasteiger partial charge in [0.1, 0.15) is 0 Å². The van der Waals surface area contributed by atoms with E-state index in [0.717, 1.165) is 6.42 Å². The van der Waals surface area contributed by atoms with Gasteiger partial charge in [-0.1, -0.05) is 19.9 Å². The summed E-state index contributed by atoms with van der Waals surface area (Å²) in [6.45, 7) is 7.59. The van der Waals surface area contributed by atoms with E-state index < -0.39 is 10.0 Å². The van der Waals surface area contributed by atoms with E-state index in [9.17, 15) is 13.2 Å². The van der Waals surface area contributed by atoms with Crippen LogP contribution in [0.15, 0.2) is 29.2 Å². The lowest BCUT2D eigenvalue weighted by Crippen LogP contribution is -2.33. The van der Waals surface area contributed by atoms with E-state index >= 15 is 0 Å². The number of carbonyl (C=O) groups is 1. The van der Waals surface area contributed by atoms with Crippen LogP contribution in [0, 0.1) is 0 Å². The molecule has 0 bridgehead atoms. The summed E-state index contributed by atoms with van der Waals surface area (Å²) in [6.07, 6.45) is 1.52. The normalized spacial score (nSPS) is 14.5. The highest BCUT2D eigenvalue weighted by atomic mass is 32.2. The lowest BCUT2D eigenvalue weighted by atomic mass is 10.2. The Balaban J connectivity index is 2.97. The molecule has 0 fully saturated rings. The van der Waals surface area contributed by atoms with E-state index in [1.807, 2.05) is 20.8 Å². The van der Waals surface area contributed by atoms with Crippen LogP contribution >= 0.6 is 0 Å². The SMILES string of the molecule is CCC(C)NC(=O)c1cccc(S(=O)(=O)NC(C)CC)c1. The van der Waals surface area contributed by atoms with Gasteiger partial charge in [-0.3, -0.25) is 4.79 Å². The molecule has 5 nitrogen and oxygen atoms in total. The summed E-state index contributed by atoms with van der Waals surface area (Å²) in [5.41, 5.74) is 0.349. The van der Waals surface area contributed by atoms with Gasteiger partial charge >= 0.3 is 0 Å². The summed E-state index contributed by atoms with van der Waals surface area (Å²) in [7, 11) is -3.59. The Morgan fingerprint density at radius 2 is 1.76 bits per heavy atom. The number of nitrogens with one attached hydrogen (secondary N) is 2. The fourth-order valence-electron chi connectivity index (χ4n) is 1.63. The van der Waals surface area contributed by atoms with Gasteiger partial charge in [-0.25, -0.2) is 13.1 Å². The Morgan fingerprint density at radius 1 is 1.14 bits per heavy atom. The number of hydrogen-bond donors (Lipinski definition) is 2. The lowest BCUT2D eigenvalue weighted by molar-refractivity contribution is 0.0939. The van der Waals surface area contributed by atoms with E-state index in [0.29, 0.717) is 12.0 Å². The zero-order valence-corrected chi connectivity index (χ0v) is 13.8. The molecule has 2 atom stereocenters. The van der Waals surface area contributed by atoms with Crippen molar-refractivity contribution in [1.29, 1.82) is 0 Å². The Hall–Kier alpha value is -1.40. The Labute approximate surface area is 127 Å². The van der Waals surface area contributed by atoms with Gasteiger partial charge in [0.25, 0.3) is 5.91 Å². The van der Waals surface area contributed by atoms with Crippen molar-refractivity contribution in [3.05, 3.63) is 29.8 Å². The first-order chi connectivity index (χ1) is 9.80. The molecular formula is C15H24N2O3S. The maximum atomic E-state index is 12.2. The molecule has 0 aliphatic heterocycles. The molecular weight excluding hydrogens is 288 g/mol. The average Bonchev–Trinajstić information content (AvgIpc) is 2.46. The van der Waals surface area contributed by atoms with Gasteiger partial charge in [-0.15, -0.1) is 0 Å². The van der Waals surface area contributed by atoms with Crippen LogP contribution in [0.5, 0.6) is 0 Å². The Kier molecular flexibility index (Phi) is 6.36. The topological polar surface area (TPSA) is 75.3 Å². The largest absolute Gasteiger partial charge is 0.350 e. The summed E-state index contributed by atoms with van der Waals surface area (Å²) in [4.78, 5) is 12.2. The predicted octanol–water partition coefficient (Wildman–Crippen LogP) is 2.29. The molecule has 1 amide bonds. The maximum Gasteiger partial charge on any atom is 0.251 e. The molecule has 21 heavy (non-hydrogen) atoms. The first-order valence-corrected chi connectivity index (χ1v) is 8.71. The minimum atomic E-state index is -3.59. The molecule has 1 rings (SSSR count). The highest BCUT2D eigenvalue weighted by molar-refractivity contribution is 7.89. The predicted molar refractivity (Wildman–Crippen MR) is 83.7 cm³/mol. The van der Waals surface area contributed by atoms with E-state index in [1.54, 1.807) is 19.1 Å². The monoisotopic (exact) mass is 312 g/mol. The third kappa shape index (κ3) is 5.13. The molecule has 0 saturated heterocycles. The van der Waals surface area contributed by atoms with Crippen molar-refractivity contribution in [1.82, 2.24) is 10.0 Å². The maximum absolute atomic E-state index is 12.2. The molecule has 0 radical (unpaired) electrons. The van der Waals surface area contributed by atoms with Crippen molar-refractivity contribution in [3.8, 4) is 0 Å². The van der Waals surface area contributed by atoms with E-state index in [4.69, 9.17) is 0 Å². The van der Waals surface area contributed by atoms with Crippen LogP contribution in [0.25, 0.3) is 0 Å². The van der Waals surface area contributed by atoms with E-state index in [1.165, 1.54) is 12.1 Å². The zero-order valence-electron chi connectivity index (χ0n) is 13.0. The third-order valence-corrected chi connectivity index (χ3v) is 4.95. The van der Waals surface area contributed by atoms with Crippen molar-refractivity contribution in [2.24, 2.45) is 0 Å². The minimum Gasteiger partial charge on any atom is -0.350 e. The highest BCUT2D eigenvalue weighted by Crippen LogP contribution is 2.13. The second-order valence-corrected chi connectivity index (χ2v) is 6.96. The van der Waals surface area contributed by atoms with Crippen LogP contribution in [0.4, 0.5) is 0 Å². The molecule has 0 saturated carbocycles. The molecule has 0 aromatic heterocycles. The van der Waals surface area contributed by atoms with Crippen LogP contribution in [0.2, 0.25) is 0 Å². The third-order valence-electron chi connectivity index (χ3n) is 3.37. The first kappa shape index (κ1) is 17.7. The van der Waals surface area contributed by atoms with Gasteiger partial charge in [0.2, 0.25) is 10.0 Å². The van der Waals surface area contributed by atoms with Gasteiger partial charge in [0.05, 0.1) is 4.90 Å². The summed E-state index contributed by atoms with van der Waals surface area (Å²) >= 11 is 0. The van der Waals surface area contributed by atoms with Crippen LogP contribution < -0.4 is 10.0 Å². The van der Waals surface area contributed by atoms with Crippen LogP contribution in [-0.4, -0.2) is 26.4 Å². The number of carbonyl (C=O) groups excluding carboxylic acids is 1. The van der Waals surface area contributed by atoms with Gasteiger partial charge in [-0.05, 0) is 44.9 Å². The minimum absolute atomic E-state index is 0.0519. The highest BCUT2D eigenvalue weighted by Gasteiger charge is 2.18. The van der Waals surface area contributed by atoms with Gasteiger partial charge < -0.3 is 5.32 Å². The van der Waals surface area contributed by atoms with Crippen LogP contribution in [-0.2, 0) is 10.0 Å². The Morgan fingerprint density at radius 3 is 2.33 bits per heavy atom. The van der Waals surface area contributed by atoms with Gasteiger partial charge in [0, 0.05) is 17.6 Å². The molecule has 1 aromatic carbocycles. The smallest absolute Gasteiger partial charge is 0.251 e. The van der Waals surface area contributed by atoms with E-state index in [-0.39, 0.29) is 22.9 Å². The van der Waals surface area contributed by atoms with Gasteiger partial charge in [0.15, 0.2) is 0 Å². The summed E-state index contributed by atoms with van der Waals surface area (Å²) in [6, 6.07) is 5.99. The van der Waals surface area contributed by atoms with Gasteiger partial charge in [-0.2, -0.15) is 0 Å².